The Labute approximate surface area is 192 Å². The molecule has 0 radical (unpaired) electrons. The summed E-state index contributed by atoms with van der Waals surface area (Å²) in [4.78, 5) is 27.7. The second kappa shape index (κ2) is 9.46. The molecule has 3 aromatic carbocycles. The van der Waals surface area contributed by atoms with Crippen LogP contribution < -0.4 is 9.64 Å². The number of nitrogens with zero attached hydrogens (tertiary/aromatic N) is 1. The van der Waals surface area contributed by atoms with E-state index in [1.54, 1.807) is 84.9 Å². The van der Waals surface area contributed by atoms with Crippen LogP contribution in [0.5, 0.6) is 5.75 Å². The van der Waals surface area contributed by atoms with E-state index in [1.165, 1.54) is 12.0 Å². The topological polar surface area (TPSA) is 90.0 Å². The number of sulfone groups is 1. The predicted molar refractivity (Wildman–Crippen MR) is 124 cm³/mol. The molecule has 2 atom stereocenters. The smallest absolute Gasteiger partial charge is 0.338 e. The maximum absolute atomic E-state index is 13.6. The van der Waals surface area contributed by atoms with Gasteiger partial charge in [-0.2, -0.15) is 0 Å². The van der Waals surface area contributed by atoms with Crippen molar-refractivity contribution in [1.82, 2.24) is 0 Å². The van der Waals surface area contributed by atoms with Gasteiger partial charge in [-0.3, -0.25) is 4.79 Å². The van der Waals surface area contributed by atoms with Crippen LogP contribution in [0.2, 0.25) is 0 Å². The third-order valence-corrected chi connectivity index (χ3v) is 7.15. The van der Waals surface area contributed by atoms with Crippen molar-refractivity contribution >= 4 is 27.4 Å². The lowest BCUT2D eigenvalue weighted by molar-refractivity contribution is 0.0314. The first kappa shape index (κ1) is 22.5. The number of esters is 1. The number of carbonyl (C=O) groups excluding carboxylic acids is 2. The molecule has 7 nitrogen and oxygen atoms in total. The van der Waals surface area contributed by atoms with Crippen LogP contribution in [-0.2, 0) is 14.6 Å². The van der Waals surface area contributed by atoms with Crippen LogP contribution in [0.3, 0.4) is 0 Å². The summed E-state index contributed by atoms with van der Waals surface area (Å²) in [7, 11) is -2.02. The van der Waals surface area contributed by atoms with Crippen molar-refractivity contribution in [2.75, 3.05) is 23.5 Å². The summed E-state index contributed by atoms with van der Waals surface area (Å²) in [6, 6.07) is 22.8. The Kier molecular flexibility index (Phi) is 6.46. The number of amides is 1. The third kappa shape index (κ3) is 5.06. The lowest BCUT2D eigenvalue weighted by Gasteiger charge is -2.32. The number of benzene rings is 3. The van der Waals surface area contributed by atoms with E-state index in [0.29, 0.717) is 22.6 Å². The van der Waals surface area contributed by atoms with E-state index in [4.69, 9.17) is 9.47 Å². The van der Waals surface area contributed by atoms with Gasteiger partial charge in [0.2, 0.25) is 0 Å². The minimum atomic E-state index is -3.55. The zero-order valence-corrected chi connectivity index (χ0v) is 18.8. The molecule has 0 saturated carbocycles. The molecule has 0 spiro atoms. The van der Waals surface area contributed by atoms with Gasteiger partial charge in [0.05, 0.1) is 30.2 Å². The first-order valence-electron chi connectivity index (χ1n) is 10.4. The molecule has 3 aromatic rings. The highest BCUT2D eigenvalue weighted by atomic mass is 32.2. The minimum absolute atomic E-state index is 0.311. The summed E-state index contributed by atoms with van der Waals surface area (Å²) in [6.07, 6.45) is -1.02. The molecule has 0 unspecified atom stereocenters. The summed E-state index contributed by atoms with van der Waals surface area (Å²) < 4.78 is 36.1. The molecule has 0 aromatic heterocycles. The van der Waals surface area contributed by atoms with Crippen molar-refractivity contribution in [1.29, 1.82) is 0 Å². The summed E-state index contributed by atoms with van der Waals surface area (Å²) >= 11 is 0. The molecule has 0 N–H and O–H groups in total. The van der Waals surface area contributed by atoms with Crippen molar-refractivity contribution < 1.29 is 27.5 Å². The molecule has 1 heterocycles. The van der Waals surface area contributed by atoms with E-state index in [-0.39, 0.29) is 17.4 Å². The van der Waals surface area contributed by atoms with Crippen LogP contribution in [0.15, 0.2) is 84.9 Å². The van der Waals surface area contributed by atoms with E-state index in [0.717, 1.165) is 0 Å². The van der Waals surface area contributed by atoms with Gasteiger partial charge in [0, 0.05) is 11.3 Å². The fraction of sp³-hybridized carbons (Fsp3) is 0.200. The van der Waals surface area contributed by atoms with Crippen LogP contribution in [0.4, 0.5) is 5.69 Å². The first-order chi connectivity index (χ1) is 15.9. The van der Waals surface area contributed by atoms with Gasteiger partial charge >= 0.3 is 5.97 Å². The Morgan fingerprint density at radius 3 is 1.97 bits per heavy atom. The van der Waals surface area contributed by atoms with E-state index < -0.39 is 28.0 Å². The fourth-order valence-electron chi connectivity index (χ4n) is 3.85. The first-order valence-corrected chi connectivity index (χ1v) is 12.2. The maximum Gasteiger partial charge on any atom is 0.338 e. The summed E-state index contributed by atoms with van der Waals surface area (Å²) in [5.74, 6) is -1.10. The number of anilines is 1. The molecule has 1 aliphatic heterocycles. The van der Waals surface area contributed by atoms with Gasteiger partial charge in [-0.25, -0.2) is 13.2 Å². The number of hydrogen-bond donors (Lipinski definition) is 0. The van der Waals surface area contributed by atoms with Crippen molar-refractivity contribution in [2.24, 2.45) is 0 Å². The molecule has 1 fully saturated rings. The predicted octanol–water partition coefficient (Wildman–Crippen LogP) is 3.36. The lowest BCUT2D eigenvalue weighted by Crippen LogP contribution is -2.48. The maximum atomic E-state index is 13.6. The summed E-state index contributed by atoms with van der Waals surface area (Å²) in [6.45, 7) is 0. The zero-order chi connectivity index (χ0) is 23.4. The summed E-state index contributed by atoms with van der Waals surface area (Å²) in [5, 5.41) is 0. The highest BCUT2D eigenvalue weighted by Crippen LogP contribution is 2.30. The van der Waals surface area contributed by atoms with E-state index in [9.17, 15) is 18.0 Å². The van der Waals surface area contributed by atoms with Crippen molar-refractivity contribution in [2.45, 2.75) is 12.1 Å². The van der Waals surface area contributed by atoms with Gasteiger partial charge in [-0.15, -0.1) is 0 Å². The van der Waals surface area contributed by atoms with Gasteiger partial charge in [0.15, 0.2) is 9.84 Å². The highest BCUT2D eigenvalue weighted by Gasteiger charge is 2.46. The molecule has 1 aliphatic rings. The molecule has 1 saturated heterocycles. The molecule has 8 heteroatoms. The van der Waals surface area contributed by atoms with Crippen LogP contribution in [-0.4, -0.2) is 51.1 Å². The number of ether oxygens (including phenoxy) is 2. The Bertz CT molecular complexity index is 1230. The van der Waals surface area contributed by atoms with Gasteiger partial charge in [-0.1, -0.05) is 36.4 Å². The largest absolute Gasteiger partial charge is 0.497 e. The van der Waals surface area contributed by atoms with Gasteiger partial charge in [-0.05, 0) is 48.5 Å². The number of methoxy groups -OCH3 is 1. The molecule has 0 bridgehead atoms. The Balaban J connectivity index is 1.72. The number of carbonyl (C=O) groups is 2. The Morgan fingerprint density at radius 1 is 0.818 bits per heavy atom. The molecule has 33 heavy (non-hydrogen) atoms. The van der Waals surface area contributed by atoms with Gasteiger partial charge in [0.1, 0.15) is 11.9 Å². The molecular weight excluding hydrogens is 442 g/mol. The van der Waals surface area contributed by atoms with Gasteiger partial charge < -0.3 is 14.4 Å². The van der Waals surface area contributed by atoms with E-state index in [1.807, 2.05) is 0 Å². The van der Waals surface area contributed by atoms with Crippen LogP contribution in [0.25, 0.3) is 0 Å². The fourth-order valence-corrected chi connectivity index (χ4v) is 5.66. The highest BCUT2D eigenvalue weighted by molar-refractivity contribution is 7.91. The quantitative estimate of drug-likeness (QED) is 0.519. The van der Waals surface area contributed by atoms with Crippen molar-refractivity contribution in [3.63, 3.8) is 0 Å². The summed E-state index contributed by atoms with van der Waals surface area (Å²) in [5.41, 5.74) is 1.18. The molecule has 170 valence electrons. The molecule has 4 rings (SSSR count). The average molecular weight is 466 g/mol. The van der Waals surface area contributed by atoms with Crippen LogP contribution >= 0.6 is 0 Å². The van der Waals surface area contributed by atoms with E-state index >= 15 is 0 Å². The number of rotatable bonds is 6. The third-order valence-electron chi connectivity index (χ3n) is 5.46. The minimum Gasteiger partial charge on any atom is -0.497 e. The Morgan fingerprint density at radius 2 is 1.39 bits per heavy atom. The Hall–Kier alpha value is -3.65. The molecule has 0 aliphatic carbocycles. The molecular formula is C25H23NO6S. The van der Waals surface area contributed by atoms with Gasteiger partial charge in [0.25, 0.3) is 5.91 Å². The lowest BCUT2D eigenvalue weighted by atomic mass is 10.1. The van der Waals surface area contributed by atoms with Crippen molar-refractivity contribution in [3.8, 4) is 5.75 Å². The second-order valence-corrected chi connectivity index (χ2v) is 9.85. The van der Waals surface area contributed by atoms with Crippen LogP contribution in [0.1, 0.15) is 20.7 Å². The van der Waals surface area contributed by atoms with Crippen molar-refractivity contribution in [3.05, 3.63) is 96.1 Å². The SMILES string of the molecule is COc1ccc(N(C(=O)c2ccccc2)[C@@H]2CS(=O)(=O)C[C@@H]2OC(=O)c2ccccc2)cc1. The van der Waals surface area contributed by atoms with Crippen LogP contribution in [0, 0.1) is 0 Å². The molecule has 1 amide bonds. The number of hydrogen-bond acceptors (Lipinski definition) is 6. The van der Waals surface area contributed by atoms with E-state index in [2.05, 4.69) is 0 Å². The normalized spacial score (nSPS) is 18.9. The second-order valence-electron chi connectivity index (χ2n) is 7.69. The zero-order valence-electron chi connectivity index (χ0n) is 18.0. The monoisotopic (exact) mass is 465 g/mol. The average Bonchev–Trinajstić information content (AvgIpc) is 3.14. The standard InChI is InChI=1S/C25H23NO6S/c1-31-21-14-12-20(13-15-21)26(24(27)18-8-4-2-5-9-18)22-16-33(29,30)17-23(22)32-25(28)19-10-6-3-7-11-19/h2-15,22-23H,16-17H2,1H3/t22-,23+/m1/s1.